The summed E-state index contributed by atoms with van der Waals surface area (Å²) in [4.78, 5) is 24.8. The molecule has 0 heterocycles. The monoisotopic (exact) mass is 284 g/mol. The fourth-order valence-corrected chi connectivity index (χ4v) is 1.63. The number of aliphatic hydroxyl groups is 1. The summed E-state index contributed by atoms with van der Waals surface area (Å²) in [6, 6.07) is 4.72. The molecule has 1 aromatic carbocycles. The molecule has 104 valence electrons. The Bertz CT molecular complexity index is 475. The van der Waals surface area contributed by atoms with Crippen molar-refractivity contribution < 1.29 is 14.7 Å². The average Bonchev–Trinajstić information content (AvgIpc) is 2.38. The molecular weight excluding hydrogens is 268 g/mol. The van der Waals surface area contributed by atoms with Gasteiger partial charge in [-0.2, -0.15) is 0 Å². The third kappa shape index (κ3) is 4.54. The normalized spacial score (nSPS) is 10.1. The minimum absolute atomic E-state index is 0.0414. The van der Waals surface area contributed by atoms with Gasteiger partial charge in [-0.05, 0) is 24.6 Å². The zero-order chi connectivity index (χ0) is 14.4. The first-order chi connectivity index (χ1) is 8.95. The predicted molar refractivity (Wildman–Crippen MR) is 74.4 cm³/mol. The first kappa shape index (κ1) is 15.5. The molecule has 0 aliphatic rings. The van der Waals surface area contributed by atoms with E-state index in [2.05, 4.69) is 5.32 Å². The number of rotatable bonds is 5. The number of hydrogen-bond acceptors (Lipinski definition) is 3. The van der Waals surface area contributed by atoms with Gasteiger partial charge in [0.05, 0.1) is 10.7 Å². The van der Waals surface area contributed by atoms with Crippen molar-refractivity contribution in [2.45, 2.75) is 12.8 Å². The highest BCUT2D eigenvalue weighted by molar-refractivity contribution is 6.33. The number of carbonyl (C=O) groups excluding carboxylic acids is 2. The molecule has 0 fully saturated rings. The van der Waals surface area contributed by atoms with Crippen molar-refractivity contribution in [3.05, 3.63) is 28.8 Å². The van der Waals surface area contributed by atoms with Gasteiger partial charge in [-0.15, -0.1) is 0 Å². The summed E-state index contributed by atoms with van der Waals surface area (Å²) in [7, 11) is 3.30. The standard InChI is InChI=1S/C13H17ClN2O3/c1-16(2)13(19)9-5-6-10(14)11(8-9)15-12(18)4-3-7-17/h5-6,8,17H,3-4,7H2,1-2H3,(H,15,18). The van der Waals surface area contributed by atoms with Gasteiger partial charge < -0.3 is 15.3 Å². The van der Waals surface area contributed by atoms with Crippen molar-refractivity contribution in [3.63, 3.8) is 0 Å². The summed E-state index contributed by atoms with van der Waals surface area (Å²) in [5.41, 5.74) is 0.851. The number of aliphatic hydroxyl groups excluding tert-OH is 1. The Morgan fingerprint density at radius 2 is 2.05 bits per heavy atom. The van der Waals surface area contributed by atoms with Crippen molar-refractivity contribution in [2.75, 3.05) is 26.0 Å². The van der Waals surface area contributed by atoms with Crippen molar-refractivity contribution in [1.82, 2.24) is 4.90 Å². The van der Waals surface area contributed by atoms with Gasteiger partial charge in [0.2, 0.25) is 5.91 Å². The van der Waals surface area contributed by atoms with Crippen LogP contribution in [0.15, 0.2) is 18.2 Å². The number of amides is 2. The highest BCUT2D eigenvalue weighted by Gasteiger charge is 2.12. The fraction of sp³-hybridized carbons (Fsp3) is 0.385. The summed E-state index contributed by atoms with van der Waals surface area (Å²) in [5.74, 6) is -0.409. The molecule has 19 heavy (non-hydrogen) atoms. The number of anilines is 1. The Hall–Kier alpha value is -1.59. The second-order valence-corrected chi connectivity index (χ2v) is 4.68. The van der Waals surface area contributed by atoms with Crippen LogP contribution in [-0.4, -0.2) is 42.5 Å². The van der Waals surface area contributed by atoms with Crippen molar-refractivity contribution in [1.29, 1.82) is 0 Å². The molecule has 0 bridgehead atoms. The van der Waals surface area contributed by atoms with Gasteiger partial charge in [0.15, 0.2) is 0 Å². The molecule has 5 nitrogen and oxygen atoms in total. The van der Waals surface area contributed by atoms with E-state index >= 15 is 0 Å². The Morgan fingerprint density at radius 3 is 2.63 bits per heavy atom. The van der Waals surface area contributed by atoms with Gasteiger partial charge in [0, 0.05) is 32.7 Å². The summed E-state index contributed by atoms with van der Waals surface area (Å²) in [6.07, 6.45) is 0.596. The second kappa shape index (κ2) is 7.11. The summed E-state index contributed by atoms with van der Waals surface area (Å²) in [5, 5.41) is 11.7. The Morgan fingerprint density at radius 1 is 1.37 bits per heavy atom. The van der Waals surface area contributed by atoms with Crippen LogP contribution in [0.4, 0.5) is 5.69 Å². The van der Waals surface area contributed by atoms with Crippen molar-refractivity contribution in [2.24, 2.45) is 0 Å². The van der Waals surface area contributed by atoms with Gasteiger partial charge in [-0.3, -0.25) is 9.59 Å². The largest absolute Gasteiger partial charge is 0.396 e. The van der Waals surface area contributed by atoms with Gasteiger partial charge >= 0.3 is 0 Å². The predicted octanol–water partition coefficient (Wildman–Crippen LogP) is 1.75. The summed E-state index contributed by atoms with van der Waals surface area (Å²) < 4.78 is 0. The molecule has 2 N–H and O–H groups in total. The molecule has 1 rings (SSSR count). The maximum absolute atomic E-state index is 11.8. The Balaban J connectivity index is 2.86. The third-order valence-corrected chi connectivity index (χ3v) is 2.79. The van der Waals surface area contributed by atoms with E-state index < -0.39 is 0 Å². The second-order valence-electron chi connectivity index (χ2n) is 4.27. The molecule has 0 saturated carbocycles. The lowest BCUT2D eigenvalue weighted by molar-refractivity contribution is -0.116. The van der Waals surface area contributed by atoms with Crippen LogP contribution in [0, 0.1) is 0 Å². The molecule has 0 spiro atoms. The van der Waals surface area contributed by atoms with Crippen molar-refractivity contribution in [3.8, 4) is 0 Å². The van der Waals surface area contributed by atoms with Crippen LogP contribution in [0.3, 0.4) is 0 Å². The molecule has 0 aliphatic heterocycles. The summed E-state index contributed by atoms with van der Waals surface area (Å²) >= 11 is 5.97. The van der Waals surface area contributed by atoms with Crippen LogP contribution < -0.4 is 5.32 Å². The third-order valence-electron chi connectivity index (χ3n) is 2.46. The molecular formula is C13H17ClN2O3. The molecule has 0 saturated heterocycles. The van der Waals surface area contributed by atoms with E-state index in [-0.39, 0.29) is 24.8 Å². The quantitative estimate of drug-likeness (QED) is 0.865. The van der Waals surface area contributed by atoms with Crippen LogP contribution in [0.5, 0.6) is 0 Å². The number of nitrogens with zero attached hydrogens (tertiary/aromatic N) is 1. The van der Waals surface area contributed by atoms with E-state index in [0.29, 0.717) is 22.7 Å². The molecule has 0 radical (unpaired) electrons. The van der Waals surface area contributed by atoms with E-state index in [1.54, 1.807) is 32.3 Å². The topological polar surface area (TPSA) is 69.6 Å². The van der Waals surface area contributed by atoms with Gasteiger partial charge in [0.1, 0.15) is 0 Å². The van der Waals surface area contributed by atoms with Crippen LogP contribution in [0.1, 0.15) is 23.2 Å². The number of nitrogens with one attached hydrogen (secondary N) is 1. The zero-order valence-corrected chi connectivity index (χ0v) is 11.7. The van der Waals surface area contributed by atoms with Crippen LogP contribution in [0.2, 0.25) is 5.02 Å². The number of halogens is 1. The molecule has 0 atom stereocenters. The van der Waals surface area contributed by atoms with Gasteiger partial charge in [-0.1, -0.05) is 11.6 Å². The Kier molecular flexibility index (Phi) is 5.79. The van der Waals surface area contributed by atoms with Crippen LogP contribution in [-0.2, 0) is 4.79 Å². The fourth-order valence-electron chi connectivity index (χ4n) is 1.46. The van der Waals surface area contributed by atoms with Crippen LogP contribution in [0.25, 0.3) is 0 Å². The van der Waals surface area contributed by atoms with Crippen molar-refractivity contribution >= 4 is 29.1 Å². The maximum Gasteiger partial charge on any atom is 0.253 e. The van der Waals surface area contributed by atoms with Gasteiger partial charge in [-0.25, -0.2) is 0 Å². The lowest BCUT2D eigenvalue weighted by Gasteiger charge is -2.12. The molecule has 0 aliphatic carbocycles. The Labute approximate surface area is 117 Å². The zero-order valence-electron chi connectivity index (χ0n) is 10.9. The lowest BCUT2D eigenvalue weighted by Crippen LogP contribution is -2.22. The molecule has 2 amide bonds. The van der Waals surface area contributed by atoms with Crippen LogP contribution >= 0.6 is 11.6 Å². The lowest BCUT2D eigenvalue weighted by atomic mass is 10.1. The van der Waals surface area contributed by atoms with E-state index in [4.69, 9.17) is 16.7 Å². The number of benzene rings is 1. The van der Waals surface area contributed by atoms with Gasteiger partial charge in [0.25, 0.3) is 5.91 Å². The molecule has 0 unspecified atom stereocenters. The smallest absolute Gasteiger partial charge is 0.253 e. The van der Waals surface area contributed by atoms with E-state index in [0.717, 1.165) is 0 Å². The van der Waals surface area contributed by atoms with E-state index in [9.17, 15) is 9.59 Å². The summed E-state index contributed by atoms with van der Waals surface area (Å²) in [6.45, 7) is -0.0414. The molecule has 0 aromatic heterocycles. The SMILES string of the molecule is CN(C)C(=O)c1ccc(Cl)c(NC(=O)CCCO)c1. The minimum Gasteiger partial charge on any atom is -0.396 e. The first-order valence-electron chi connectivity index (χ1n) is 5.87. The number of hydrogen-bond donors (Lipinski definition) is 2. The molecule has 6 heteroatoms. The molecule has 1 aromatic rings. The highest BCUT2D eigenvalue weighted by Crippen LogP contribution is 2.23. The first-order valence-corrected chi connectivity index (χ1v) is 6.25. The average molecular weight is 285 g/mol. The minimum atomic E-state index is -0.245. The number of carbonyl (C=O) groups is 2. The van der Waals surface area contributed by atoms with E-state index in [1.807, 2.05) is 0 Å². The highest BCUT2D eigenvalue weighted by atomic mass is 35.5. The van der Waals surface area contributed by atoms with E-state index in [1.165, 1.54) is 4.90 Å². The maximum atomic E-state index is 11.8.